The van der Waals surface area contributed by atoms with Crippen molar-refractivity contribution in [2.45, 2.75) is 37.1 Å². The quantitative estimate of drug-likeness (QED) is 0.358. The molecule has 0 fully saturated rings. The third-order valence-corrected chi connectivity index (χ3v) is 7.31. The number of fused-ring (bicyclic) bond motifs is 1. The molecule has 1 atom stereocenters. The summed E-state index contributed by atoms with van der Waals surface area (Å²) in [5.41, 5.74) is 3.06. The Labute approximate surface area is 200 Å². The van der Waals surface area contributed by atoms with Crippen molar-refractivity contribution >= 4 is 26.8 Å². The fraction of sp³-hybridized carbons (Fsp3) is 0.222. The summed E-state index contributed by atoms with van der Waals surface area (Å²) >= 11 is 0. The van der Waals surface area contributed by atoms with Crippen LogP contribution in [-0.2, 0) is 10.0 Å². The molecule has 3 aromatic carbocycles. The number of para-hydroxylation sites is 1. The van der Waals surface area contributed by atoms with Gasteiger partial charge in [0.15, 0.2) is 0 Å². The molecule has 0 aliphatic heterocycles. The highest BCUT2D eigenvalue weighted by Gasteiger charge is 2.23. The number of hydrogen-bond acceptors (Lipinski definition) is 3. The molecule has 1 amide bonds. The van der Waals surface area contributed by atoms with Gasteiger partial charge in [0.05, 0.1) is 4.90 Å². The molecule has 0 spiro atoms. The van der Waals surface area contributed by atoms with Crippen molar-refractivity contribution in [1.29, 1.82) is 0 Å². The number of hydrogen-bond donors (Lipinski definition) is 3. The van der Waals surface area contributed by atoms with E-state index in [2.05, 4.69) is 33.2 Å². The average molecular weight is 476 g/mol. The lowest BCUT2D eigenvalue weighted by molar-refractivity contribution is 0.0952. The molecule has 1 aromatic heterocycles. The standard InChI is InChI=1S/C27H29N3O3S/c1-27(2,3)30-34(32,33)21-15-13-20(14-16-21)26(31)29-17-23(19-9-5-4-6-10-19)24-18-28-25-12-8-7-11-22(24)25/h4-16,18,23,28,30H,17H2,1-3H3,(H,29,31). The number of amides is 1. The first kappa shape index (κ1) is 23.7. The molecule has 0 saturated carbocycles. The lowest BCUT2D eigenvalue weighted by Gasteiger charge is -2.20. The number of nitrogens with one attached hydrogen (secondary N) is 3. The Morgan fingerprint density at radius 1 is 0.912 bits per heavy atom. The molecule has 176 valence electrons. The van der Waals surface area contributed by atoms with Gasteiger partial charge in [-0.25, -0.2) is 13.1 Å². The molecule has 1 unspecified atom stereocenters. The van der Waals surface area contributed by atoms with Gasteiger partial charge in [0.1, 0.15) is 0 Å². The van der Waals surface area contributed by atoms with Crippen LogP contribution in [0.2, 0.25) is 0 Å². The Morgan fingerprint density at radius 2 is 1.56 bits per heavy atom. The summed E-state index contributed by atoms with van der Waals surface area (Å²) in [5, 5.41) is 4.15. The third kappa shape index (κ3) is 5.38. The highest BCUT2D eigenvalue weighted by atomic mass is 32.2. The number of carbonyl (C=O) groups excluding carboxylic acids is 1. The molecule has 0 aliphatic rings. The lowest BCUT2D eigenvalue weighted by atomic mass is 9.91. The van der Waals surface area contributed by atoms with E-state index in [4.69, 9.17) is 0 Å². The van der Waals surface area contributed by atoms with Gasteiger partial charge in [-0.05, 0) is 62.2 Å². The van der Waals surface area contributed by atoms with Gasteiger partial charge < -0.3 is 10.3 Å². The van der Waals surface area contributed by atoms with E-state index in [1.54, 1.807) is 20.8 Å². The van der Waals surface area contributed by atoms with Crippen molar-refractivity contribution in [3.8, 4) is 0 Å². The summed E-state index contributed by atoms with van der Waals surface area (Å²) in [6.07, 6.45) is 2.00. The van der Waals surface area contributed by atoms with Crippen LogP contribution in [0.1, 0.15) is 48.2 Å². The molecule has 7 heteroatoms. The minimum absolute atomic E-state index is 0.0445. The van der Waals surface area contributed by atoms with Gasteiger partial charge >= 0.3 is 0 Å². The largest absolute Gasteiger partial charge is 0.361 e. The number of carbonyl (C=O) groups is 1. The summed E-state index contributed by atoms with van der Waals surface area (Å²) in [6, 6.07) is 24.1. The van der Waals surface area contributed by atoms with Crippen molar-refractivity contribution in [1.82, 2.24) is 15.0 Å². The van der Waals surface area contributed by atoms with Gasteiger partial charge in [-0.15, -0.1) is 0 Å². The van der Waals surface area contributed by atoms with E-state index >= 15 is 0 Å². The van der Waals surface area contributed by atoms with Gasteiger partial charge in [0, 0.05) is 40.7 Å². The second-order valence-corrected chi connectivity index (χ2v) is 11.0. The van der Waals surface area contributed by atoms with E-state index < -0.39 is 15.6 Å². The van der Waals surface area contributed by atoms with Gasteiger partial charge in [-0.3, -0.25) is 4.79 Å². The molecule has 0 bridgehead atoms. The predicted octanol–water partition coefficient (Wildman–Crippen LogP) is 4.81. The Kier molecular flexibility index (Phi) is 6.59. The van der Waals surface area contributed by atoms with Gasteiger partial charge in [-0.2, -0.15) is 0 Å². The minimum atomic E-state index is -3.66. The van der Waals surface area contributed by atoms with Crippen LogP contribution in [0.3, 0.4) is 0 Å². The van der Waals surface area contributed by atoms with Crippen molar-refractivity contribution in [3.63, 3.8) is 0 Å². The molecule has 3 N–H and O–H groups in total. The van der Waals surface area contributed by atoms with Gasteiger partial charge in [0.25, 0.3) is 5.91 Å². The van der Waals surface area contributed by atoms with Crippen molar-refractivity contribution in [2.24, 2.45) is 0 Å². The maximum Gasteiger partial charge on any atom is 0.251 e. The summed E-state index contributed by atoms with van der Waals surface area (Å²) < 4.78 is 27.7. The number of H-pyrrole nitrogens is 1. The van der Waals surface area contributed by atoms with E-state index in [-0.39, 0.29) is 16.7 Å². The van der Waals surface area contributed by atoms with Crippen molar-refractivity contribution in [3.05, 3.63) is 102 Å². The Balaban J connectivity index is 1.54. The Morgan fingerprint density at radius 3 is 2.24 bits per heavy atom. The molecular weight excluding hydrogens is 446 g/mol. The van der Waals surface area contributed by atoms with Crippen molar-refractivity contribution in [2.75, 3.05) is 6.54 Å². The Hall–Kier alpha value is -3.42. The minimum Gasteiger partial charge on any atom is -0.361 e. The van der Waals surface area contributed by atoms with Crippen LogP contribution >= 0.6 is 0 Å². The molecule has 6 nitrogen and oxygen atoms in total. The molecule has 1 heterocycles. The van der Waals surface area contributed by atoms with Crippen LogP contribution in [-0.4, -0.2) is 31.4 Å². The number of benzene rings is 3. The van der Waals surface area contributed by atoms with Crippen LogP contribution in [0.25, 0.3) is 10.9 Å². The average Bonchev–Trinajstić information content (AvgIpc) is 3.22. The van der Waals surface area contributed by atoms with Gasteiger partial charge in [-0.1, -0.05) is 48.5 Å². The van der Waals surface area contributed by atoms with Crippen LogP contribution in [0.15, 0.2) is 90.0 Å². The first-order valence-electron chi connectivity index (χ1n) is 11.2. The molecule has 0 saturated heterocycles. The first-order chi connectivity index (χ1) is 16.1. The van der Waals surface area contributed by atoms with E-state index in [9.17, 15) is 13.2 Å². The number of rotatable bonds is 7. The van der Waals surface area contributed by atoms with Crippen LogP contribution in [0.5, 0.6) is 0 Å². The highest BCUT2D eigenvalue weighted by molar-refractivity contribution is 7.89. The normalized spacial score (nSPS) is 13.0. The molecule has 4 rings (SSSR count). The van der Waals surface area contributed by atoms with E-state index in [0.29, 0.717) is 12.1 Å². The maximum atomic E-state index is 12.9. The second-order valence-electron chi connectivity index (χ2n) is 9.34. The van der Waals surface area contributed by atoms with Gasteiger partial charge in [0.2, 0.25) is 10.0 Å². The number of aromatic amines is 1. The second kappa shape index (κ2) is 9.44. The molecule has 4 aromatic rings. The van der Waals surface area contributed by atoms with Crippen LogP contribution < -0.4 is 10.0 Å². The SMILES string of the molecule is CC(C)(C)NS(=O)(=O)c1ccc(C(=O)NCC(c2ccccc2)c2c[nH]c3ccccc23)cc1. The first-order valence-corrected chi connectivity index (χ1v) is 12.7. The fourth-order valence-electron chi connectivity index (χ4n) is 4.02. The van der Waals surface area contributed by atoms with E-state index in [1.807, 2.05) is 42.6 Å². The highest BCUT2D eigenvalue weighted by Crippen LogP contribution is 2.30. The molecule has 0 aliphatic carbocycles. The van der Waals surface area contributed by atoms with Crippen molar-refractivity contribution < 1.29 is 13.2 Å². The van der Waals surface area contributed by atoms with E-state index in [1.165, 1.54) is 24.3 Å². The zero-order valence-corrected chi connectivity index (χ0v) is 20.3. The summed E-state index contributed by atoms with van der Waals surface area (Å²) in [5.74, 6) is -0.301. The molecule has 34 heavy (non-hydrogen) atoms. The number of aromatic nitrogens is 1. The summed E-state index contributed by atoms with van der Waals surface area (Å²) in [7, 11) is -3.66. The topological polar surface area (TPSA) is 91.1 Å². The predicted molar refractivity (Wildman–Crippen MR) is 135 cm³/mol. The Bertz CT molecular complexity index is 1390. The molecular formula is C27H29N3O3S. The number of sulfonamides is 1. The fourth-order valence-corrected chi connectivity index (χ4v) is 5.44. The maximum absolute atomic E-state index is 12.9. The molecule has 0 radical (unpaired) electrons. The van der Waals surface area contributed by atoms with E-state index in [0.717, 1.165) is 22.0 Å². The van der Waals surface area contributed by atoms with Crippen LogP contribution in [0.4, 0.5) is 0 Å². The summed E-state index contributed by atoms with van der Waals surface area (Å²) in [4.78, 5) is 16.4. The summed E-state index contributed by atoms with van der Waals surface area (Å²) in [6.45, 7) is 5.74. The smallest absolute Gasteiger partial charge is 0.251 e. The lowest BCUT2D eigenvalue weighted by Crippen LogP contribution is -2.40. The zero-order chi connectivity index (χ0) is 24.3. The third-order valence-electron chi connectivity index (χ3n) is 5.53. The van der Waals surface area contributed by atoms with Crippen LogP contribution in [0, 0.1) is 0 Å². The zero-order valence-electron chi connectivity index (χ0n) is 19.5. The monoisotopic (exact) mass is 475 g/mol.